The second-order valence-electron chi connectivity index (χ2n) is 5.17. The van der Waals surface area contributed by atoms with Crippen LogP contribution >= 0.6 is 0 Å². The van der Waals surface area contributed by atoms with Gasteiger partial charge in [0.2, 0.25) is 0 Å². The molecule has 2 heterocycles. The standard InChI is InChI=1S/C15H22N4/c1-3-9-19(11-14-5-4-8-17-14)15-13(10-16)7-6-12(2)18-15/h6-7,14,17H,3-5,8-9,11H2,1-2H3. The summed E-state index contributed by atoms with van der Waals surface area (Å²) in [4.78, 5) is 6.84. The van der Waals surface area contributed by atoms with Gasteiger partial charge in [0.05, 0.1) is 5.56 Å². The maximum atomic E-state index is 9.26. The molecule has 1 aliphatic rings. The van der Waals surface area contributed by atoms with E-state index in [2.05, 4.69) is 28.2 Å². The van der Waals surface area contributed by atoms with Crippen LogP contribution < -0.4 is 10.2 Å². The van der Waals surface area contributed by atoms with Gasteiger partial charge in [-0.1, -0.05) is 6.92 Å². The first kappa shape index (κ1) is 13.8. The van der Waals surface area contributed by atoms with Crippen molar-refractivity contribution in [3.63, 3.8) is 0 Å². The van der Waals surface area contributed by atoms with E-state index in [0.29, 0.717) is 11.6 Å². The van der Waals surface area contributed by atoms with Gasteiger partial charge in [-0.05, 0) is 44.9 Å². The summed E-state index contributed by atoms with van der Waals surface area (Å²) in [5.74, 6) is 0.845. The van der Waals surface area contributed by atoms with Crippen molar-refractivity contribution in [3.8, 4) is 6.07 Å². The number of aromatic nitrogens is 1. The van der Waals surface area contributed by atoms with Crippen molar-refractivity contribution < 1.29 is 0 Å². The maximum absolute atomic E-state index is 9.26. The second kappa shape index (κ2) is 6.53. The van der Waals surface area contributed by atoms with Gasteiger partial charge >= 0.3 is 0 Å². The topological polar surface area (TPSA) is 52.0 Å². The highest BCUT2D eigenvalue weighted by Gasteiger charge is 2.20. The predicted molar refractivity (Wildman–Crippen MR) is 77.2 cm³/mol. The van der Waals surface area contributed by atoms with E-state index in [1.807, 2.05) is 19.1 Å². The molecule has 1 fully saturated rings. The lowest BCUT2D eigenvalue weighted by Gasteiger charge is -2.27. The third kappa shape index (κ3) is 3.45. The summed E-state index contributed by atoms with van der Waals surface area (Å²) < 4.78 is 0. The van der Waals surface area contributed by atoms with Crippen LogP contribution in [0.4, 0.5) is 5.82 Å². The van der Waals surface area contributed by atoms with E-state index < -0.39 is 0 Å². The highest BCUT2D eigenvalue weighted by molar-refractivity contribution is 5.54. The minimum Gasteiger partial charge on any atom is -0.354 e. The van der Waals surface area contributed by atoms with E-state index in [9.17, 15) is 5.26 Å². The Labute approximate surface area is 115 Å². The minimum absolute atomic E-state index is 0.528. The van der Waals surface area contributed by atoms with Crippen LogP contribution in [0.15, 0.2) is 12.1 Å². The first-order valence-electron chi connectivity index (χ1n) is 7.10. The molecular formula is C15H22N4. The molecule has 102 valence electrons. The highest BCUT2D eigenvalue weighted by atomic mass is 15.2. The van der Waals surface area contributed by atoms with Crippen molar-refractivity contribution in [2.45, 2.75) is 39.2 Å². The van der Waals surface area contributed by atoms with Crippen molar-refractivity contribution in [2.24, 2.45) is 0 Å². The van der Waals surface area contributed by atoms with Gasteiger partial charge in [0.25, 0.3) is 0 Å². The number of hydrogen-bond acceptors (Lipinski definition) is 4. The molecule has 1 atom stereocenters. The highest BCUT2D eigenvalue weighted by Crippen LogP contribution is 2.20. The van der Waals surface area contributed by atoms with Crippen LogP contribution in [0.1, 0.15) is 37.4 Å². The summed E-state index contributed by atoms with van der Waals surface area (Å²) in [5.41, 5.74) is 1.64. The number of nitriles is 1. The van der Waals surface area contributed by atoms with Crippen LogP contribution in [0.5, 0.6) is 0 Å². The molecular weight excluding hydrogens is 236 g/mol. The van der Waals surface area contributed by atoms with Crippen LogP contribution in [0, 0.1) is 18.3 Å². The van der Waals surface area contributed by atoms with E-state index >= 15 is 0 Å². The number of pyridine rings is 1. The monoisotopic (exact) mass is 258 g/mol. The zero-order valence-corrected chi connectivity index (χ0v) is 11.8. The third-order valence-corrected chi connectivity index (χ3v) is 3.53. The first-order chi connectivity index (χ1) is 9.24. The molecule has 4 heteroatoms. The molecule has 1 aromatic rings. The van der Waals surface area contributed by atoms with E-state index in [4.69, 9.17) is 0 Å². The Morgan fingerprint density at radius 1 is 1.53 bits per heavy atom. The largest absolute Gasteiger partial charge is 0.354 e. The van der Waals surface area contributed by atoms with Gasteiger partial charge in [-0.2, -0.15) is 5.26 Å². The predicted octanol–water partition coefficient (Wildman–Crippen LogP) is 2.23. The summed E-state index contributed by atoms with van der Waals surface area (Å²) in [6.45, 7) is 7.14. The average molecular weight is 258 g/mol. The lowest BCUT2D eigenvalue weighted by Crippen LogP contribution is -2.39. The minimum atomic E-state index is 0.528. The second-order valence-corrected chi connectivity index (χ2v) is 5.17. The van der Waals surface area contributed by atoms with E-state index in [-0.39, 0.29) is 0 Å². The molecule has 4 nitrogen and oxygen atoms in total. The molecule has 0 saturated carbocycles. The van der Waals surface area contributed by atoms with Crippen LogP contribution in [-0.2, 0) is 0 Å². The van der Waals surface area contributed by atoms with Crippen LogP contribution in [0.2, 0.25) is 0 Å². The average Bonchev–Trinajstić information content (AvgIpc) is 2.91. The fourth-order valence-corrected chi connectivity index (χ4v) is 2.60. The zero-order valence-electron chi connectivity index (χ0n) is 11.8. The molecule has 1 saturated heterocycles. The summed E-state index contributed by atoms with van der Waals surface area (Å²) in [5, 5.41) is 12.8. The quantitative estimate of drug-likeness (QED) is 0.880. The smallest absolute Gasteiger partial charge is 0.146 e. The fraction of sp³-hybridized carbons (Fsp3) is 0.600. The van der Waals surface area contributed by atoms with Crippen molar-refractivity contribution >= 4 is 5.82 Å². The lowest BCUT2D eigenvalue weighted by atomic mass is 10.2. The van der Waals surface area contributed by atoms with Gasteiger partial charge in [-0.15, -0.1) is 0 Å². The van der Waals surface area contributed by atoms with Gasteiger partial charge in [0.1, 0.15) is 11.9 Å². The number of nitrogens with zero attached hydrogens (tertiary/aromatic N) is 3. The molecule has 0 bridgehead atoms. The number of anilines is 1. The number of hydrogen-bond donors (Lipinski definition) is 1. The summed E-state index contributed by atoms with van der Waals surface area (Å²) in [7, 11) is 0. The normalized spacial score (nSPS) is 18.3. The van der Waals surface area contributed by atoms with Gasteiger partial charge < -0.3 is 10.2 Å². The Morgan fingerprint density at radius 2 is 2.37 bits per heavy atom. The molecule has 1 unspecified atom stereocenters. The Balaban J connectivity index is 2.22. The van der Waals surface area contributed by atoms with Crippen molar-refractivity contribution in [1.82, 2.24) is 10.3 Å². The Kier molecular flexibility index (Phi) is 4.75. The number of nitrogens with one attached hydrogen (secondary N) is 1. The first-order valence-corrected chi connectivity index (χ1v) is 7.10. The number of aryl methyl sites for hydroxylation is 1. The molecule has 1 aromatic heterocycles. The molecule has 0 radical (unpaired) electrons. The summed E-state index contributed by atoms with van der Waals surface area (Å²) in [6.07, 6.45) is 3.53. The maximum Gasteiger partial charge on any atom is 0.146 e. The van der Waals surface area contributed by atoms with Gasteiger partial charge in [-0.3, -0.25) is 0 Å². The number of rotatable bonds is 5. The molecule has 0 aliphatic carbocycles. The molecule has 19 heavy (non-hydrogen) atoms. The zero-order chi connectivity index (χ0) is 13.7. The SMILES string of the molecule is CCCN(CC1CCCN1)c1nc(C)ccc1C#N. The van der Waals surface area contributed by atoms with Crippen molar-refractivity contribution in [1.29, 1.82) is 5.26 Å². The molecule has 2 rings (SSSR count). The van der Waals surface area contributed by atoms with Crippen LogP contribution in [-0.4, -0.2) is 30.7 Å². The third-order valence-electron chi connectivity index (χ3n) is 3.53. The van der Waals surface area contributed by atoms with E-state index in [1.54, 1.807) is 0 Å². The van der Waals surface area contributed by atoms with E-state index in [0.717, 1.165) is 37.6 Å². The van der Waals surface area contributed by atoms with E-state index in [1.165, 1.54) is 12.8 Å². The summed E-state index contributed by atoms with van der Waals surface area (Å²) in [6, 6.07) is 6.57. The van der Waals surface area contributed by atoms with Gasteiger partial charge in [0.15, 0.2) is 0 Å². The summed E-state index contributed by atoms with van der Waals surface area (Å²) >= 11 is 0. The van der Waals surface area contributed by atoms with Crippen LogP contribution in [0.25, 0.3) is 0 Å². The Hall–Kier alpha value is -1.60. The fourth-order valence-electron chi connectivity index (χ4n) is 2.60. The van der Waals surface area contributed by atoms with Crippen LogP contribution in [0.3, 0.4) is 0 Å². The molecule has 0 amide bonds. The van der Waals surface area contributed by atoms with Gasteiger partial charge in [0, 0.05) is 24.8 Å². The van der Waals surface area contributed by atoms with Gasteiger partial charge in [-0.25, -0.2) is 4.98 Å². The lowest BCUT2D eigenvalue weighted by molar-refractivity contribution is 0.575. The molecule has 0 aromatic carbocycles. The molecule has 0 spiro atoms. The van der Waals surface area contributed by atoms with Crippen molar-refractivity contribution in [2.75, 3.05) is 24.5 Å². The Morgan fingerprint density at radius 3 is 3.00 bits per heavy atom. The van der Waals surface area contributed by atoms with Crippen molar-refractivity contribution in [3.05, 3.63) is 23.4 Å². The molecule has 1 aliphatic heterocycles. The molecule has 1 N–H and O–H groups in total. The Bertz CT molecular complexity index is 458.